The molecule has 1 N–H and O–H groups in total. The molecule has 1 aromatic heterocycles. The molecule has 0 aliphatic rings. The van der Waals surface area contributed by atoms with Crippen molar-refractivity contribution in [2.45, 2.75) is 6.92 Å². The van der Waals surface area contributed by atoms with Crippen molar-refractivity contribution in [3.63, 3.8) is 0 Å². The monoisotopic (exact) mass is 285 g/mol. The number of hydrogen-bond donors (Lipinski definition) is 1. The zero-order valence-electron chi connectivity index (χ0n) is 11.1. The topological polar surface area (TPSA) is 105 Å². The Morgan fingerprint density at radius 1 is 1.43 bits per heavy atom. The summed E-state index contributed by atoms with van der Waals surface area (Å²) in [5.74, 6) is -1.97. The second kappa shape index (κ2) is 5.88. The molecule has 0 spiro atoms. The van der Waals surface area contributed by atoms with Crippen LogP contribution in [0.15, 0.2) is 30.3 Å². The maximum absolute atomic E-state index is 11.7. The van der Waals surface area contributed by atoms with Crippen molar-refractivity contribution in [3.8, 4) is 11.8 Å². The number of carboxylic acid groups (broad SMARTS) is 1. The first-order valence-electron chi connectivity index (χ1n) is 6.08. The van der Waals surface area contributed by atoms with Gasteiger partial charge >= 0.3 is 11.9 Å². The smallest absolute Gasteiger partial charge is 0.358 e. The predicted molar refractivity (Wildman–Crippen MR) is 71.2 cm³/mol. The number of rotatable bonds is 4. The van der Waals surface area contributed by atoms with Crippen LogP contribution in [0, 0.1) is 11.3 Å². The number of aromatic carboxylic acids is 1. The van der Waals surface area contributed by atoms with Gasteiger partial charge in [-0.2, -0.15) is 10.4 Å². The zero-order valence-corrected chi connectivity index (χ0v) is 11.1. The number of esters is 1. The van der Waals surface area contributed by atoms with Crippen LogP contribution in [0.5, 0.6) is 0 Å². The minimum Gasteiger partial charge on any atom is -0.477 e. The van der Waals surface area contributed by atoms with Crippen molar-refractivity contribution in [2.75, 3.05) is 6.61 Å². The van der Waals surface area contributed by atoms with Crippen LogP contribution in [0.2, 0.25) is 0 Å². The van der Waals surface area contributed by atoms with Crippen LogP contribution in [0.25, 0.3) is 5.69 Å². The molecule has 0 fully saturated rings. The Kier molecular flexibility index (Phi) is 4.00. The second-order valence-electron chi connectivity index (χ2n) is 3.98. The molecule has 1 aromatic carbocycles. The molecular formula is C14H11N3O4. The van der Waals surface area contributed by atoms with Crippen LogP contribution < -0.4 is 0 Å². The van der Waals surface area contributed by atoms with Gasteiger partial charge in [-0.1, -0.05) is 12.1 Å². The van der Waals surface area contributed by atoms with E-state index in [2.05, 4.69) is 5.10 Å². The average Bonchev–Trinajstić information content (AvgIpc) is 2.92. The number of benzene rings is 1. The molecule has 21 heavy (non-hydrogen) atoms. The Balaban J connectivity index is 2.60. The number of carbonyl (C=O) groups excluding carboxylic acids is 1. The fraction of sp³-hybridized carbons (Fsp3) is 0.143. The molecular weight excluding hydrogens is 274 g/mol. The lowest BCUT2D eigenvalue weighted by Gasteiger charge is -2.05. The summed E-state index contributed by atoms with van der Waals surface area (Å²) in [5, 5.41) is 22.2. The third-order valence-corrected chi connectivity index (χ3v) is 2.67. The van der Waals surface area contributed by atoms with Gasteiger partial charge in [0.25, 0.3) is 0 Å². The standard InChI is InChI=1S/C14H11N3O4/c1-2-21-14(20)10-7-12(13(18)19)17(16-10)11-6-4-3-5-9(11)8-15/h3-7H,2H2,1H3,(H,18,19). The van der Waals surface area contributed by atoms with E-state index in [-0.39, 0.29) is 29.2 Å². The zero-order chi connectivity index (χ0) is 15.4. The highest BCUT2D eigenvalue weighted by molar-refractivity contribution is 5.93. The summed E-state index contributed by atoms with van der Waals surface area (Å²) in [6, 6.07) is 9.45. The molecule has 7 nitrogen and oxygen atoms in total. The highest BCUT2D eigenvalue weighted by atomic mass is 16.5. The number of nitriles is 1. The van der Waals surface area contributed by atoms with Gasteiger partial charge in [0, 0.05) is 6.07 Å². The predicted octanol–water partition coefficient (Wildman–Crippen LogP) is 1.62. The van der Waals surface area contributed by atoms with Gasteiger partial charge in [0.2, 0.25) is 0 Å². The number of hydrogen-bond acceptors (Lipinski definition) is 5. The molecule has 0 unspecified atom stereocenters. The normalized spacial score (nSPS) is 9.90. The van der Waals surface area contributed by atoms with Crippen molar-refractivity contribution in [2.24, 2.45) is 0 Å². The van der Waals surface area contributed by atoms with Gasteiger partial charge < -0.3 is 9.84 Å². The van der Waals surface area contributed by atoms with Crippen molar-refractivity contribution in [1.82, 2.24) is 9.78 Å². The summed E-state index contributed by atoms with van der Waals surface area (Å²) in [5.41, 5.74) is 0.189. The summed E-state index contributed by atoms with van der Waals surface area (Å²) in [6.45, 7) is 1.79. The van der Waals surface area contributed by atoms with Crippen molar-refractivity contribution in [3.05, 3.63) is 47.3 Å². The molecule has 1 heterocycles. The minimum absolute atomic E-state index is 0.123. The number of carboxylic acids is 1. The Hall–Kier alpha value is -3.14. The number of nitrogens with zero attached hydrogens (tertiary/aromatic N) is 3. The van der Waals surface area contributed by atoms with Gasteiger partial charge in [0.05, 0.1) is 17.9 Å². The molecule has 0 aliphatic heterocycles. The first-order valence-corrected chi connectivity index (χ1v) is 6.08. The average molecular weight is 285 g/mol. The molecule has 0 radical (unpaired) electrons. The van der Waals surface area contributed by atoms with E-state index < -0.39 is 11.9 Å². The Bertz CT molecular complexity index is 743. The number of ether oxygens (including phenoxy) is 1. The largest absolute Gasteiger partial charge is 0.477 e. The van der Waals surface area contributed by atoms with Crippen LogP contribution in [0.1, 0.15) is 33.5 Å². The van der Waals surface area contributed by atoms with E-state index in [0.29, 0.717) is 0 Å². The summed E-state index contributed by atoms with van der Waals surface area (Å²) >= 11 is 0. The molecule has 2 rings (SSSR count). The molecule has 0 saturated carbocycles. The van der Waals surface area contributed by atoms with Crippen LogP contribution in [0.4, 0.5) is 0 Å². The minimum atomic E-state index is -1.26. The Labute approximate surface area is 120 Å². The molecule has 0 aliphatic carbocycles. The summed E-state index contributed by atoms with van der Waals surface area (Å²) < 4.78 is 5.84. The molecule has 0 saturated heterocycles. The quantitative estimate of drug-likeness (QED) is 0.856. The number of carbonyl (C=O) groups is 2. The van der Waals surface area contributed by atoms with Gasteiger partial charge in [-0.15, -0.1) is 0 Å². The van der Waals surface area contributed by atoms with Crippen LogP contribution in [-0.2, 0) is 4.74 Å². The Morgan fingerprint density at radius 2 is 2.14 bits per heavy atom. The molecule has 0 atom stereocenters. The van der Waals surface area contributed by atoms with Gasteiger partial charge in [-0.05, 0) is 19.1 Å². The molecule has 2 aromatic rings. The van der Waals surface area contributed by atoms with E-state index >= 15 is 0 Å². The van der Waals surface area contributed by atoms with Crippen molar-refractivity contribution >= 4 is 11.9 Å². The highest BCUT2D eigenvalue weighted by Crippen LogP contribution is 2.17. The lowest BCUT2D eigenvalue weighted by Crippen LogP contribution is -2.10. The fourth-order valence-electron chi connectivity index (χ4n) is 1.77. The summed E-state index contributed by atoms with van der Waals surface area (Å²) in [4.78, 5) is 23.0. The van der Waals surface area contributed by atoms with Crippen LogP contribution in [0.3, 0.4) is 0 Å². The SMILES string of the molecule is CCOC(=O)c1cc(C(=O)O)n(-c2ccccc2C#N)n1. The number of aromatic nitrogens is 2. The number of para-hydroxylation sites is 1. The van der Waals surface area contributed by atoms with Crippen molar-refractivity contribution in [1.29, 1.82) is 5.26 Å². The van der Waals surface area contributed by atoms with E-state index in [1.165, 1.54) is 6.07 Å². The van der Waals surface area contributed by atoms with Crippen LogP contribution >= 0.6 is 0 Å². The van der Waals surface area contributed by atoms with Gasteiger partial charge in [0.1, 0.15) is 6.07 Å². The van der Waals surface area contributed by atoms with E-state index in [0.717, 1.165) is 10.7 Å². The van der Waals surface area contributed by atoms with Crippen LogP contribution in [-0.4, -0.2) is 33.4 Å². The van der Waals surface area contributed by atoms with Crippen molar-refractivity contribution < 1.29 is 19.4 Å². The summed E-state index contributed by atoms with van der Waals surface area (Å²) in [6.07, 6.45) is 0. The Morgan fingerprint density at radius 3 is 2.76 bits per heavy atom. The second-order valence-corrected chi connectivity index (χ2v) is 3.98. The third kappa shape index (κ3) is 2.74. The van der Waals surface area contributed by atoms with Gasteiger partial charge in [-0.25, -0.2) is 14.3 Å². The molecule has 7 heteroatoms. The van der Waals surface area contributed by atoms with E-state index in [9.17, 15) is 14.7 Å². The van der Waals surface area contributed by atoms with E-state index in [4.69, 9.17) is 10.00 Å². The lowest BCUT2D eigenvalue weighted by atomic mass is 10.2. The molecule has 0 bridgehead atoms. The first kappa shape index (κ1) is 14.3. The third-order valence-electron chi connectivity index (χ3n) is 2.67. The van der Waals surface area contributed by atoms with E-state index in [1.54, 1.807) is 25.1 Å². The molecule has 0 amide bonds. The first-order chi connectivity index (χ1) is 10.1. The lowest BCUT2D eigenvalue weighted by molar-refractivity contribution is 0.0518. The van der Waals surface area contributed by atoms with Gasteiger partial charge in [0.15, 0.2) is 11.4 Å². The highest BCUT2D eigenvalue weighted by Gasteiger charge is 2.21. The van der Waals surface area contributed by atoms with E-state index in [1.807, 2.05) is 6.07 Å². The summed E-state index contributed by atoms with van der Waals surface area (Å²) in [7, 11) is 0. The van der Waals surface area contributed by atoms with Gasteiger partial charge in [-0.3, -0.25) is 0 Å². The fourth-order valence-corrected chi connectivity index (χ4v) is 1.77. The molecule has 106 valence electrons. The maximum atomic E-state index is 11.7. The maximum Gasteiger partial charge on any atom is 0.358 e.